The molecule has 3 unspecified atom stereocenters. The molecule has 3 aliphatic rings. The zero-order valence-corrected chi connectivity index (χ0v) is 12.1. The third-order valence-corrected chi connectivity index (χ3v) is 5.78. The van der Waals surface area contributed by atoms with Crippen LogP contribution in [0.2, 0.25) is 0 Å². The van der Waals surface area contributed by atoms with Crippen molar-refractivity contribution >= 4 is 0 Å². The Morgan fingerprint density at radius 3 is 2.89 bits per heavy atom. The van der Waals surface area contributed by atoms with Crippen LogP contribution in [0.4, 0.5) is 0 Å². The van der Waals surface area contributed by atoms with Gasteiger partial charge < -0.3 is 5.32 Å². The molecule has 1 N–H and O–H groups in total. The number of nitrogens with one attached hydrogen (secondary N) is 1. The van der Waals surface area contributed by atoms with Crippen molar-refractivity contribution in [2.24, 2.45) is 11.3 Å². The van der Waals surface area contributed by atoms with Crippen molar-refractivity contribution in [3.63, 3.8) is 0 Å². The Hall–Kier alpha value is -0.0800. The highest BCUT2D eigenvalue weighted by Gasteiger charge is 2.41. The summed E-state index contributed by atoms with van der Waals surface area (Å²) in [5, 5.41) is 3.62. The largest absolute Gasteiger partial charge is 0.316 e. The van der Waals surface area contributed by atoms with Gasteiger partial charge in [0.05, 0.1) is 0 Å². The fourth-order valence-electron chi connectivity index (χ4n) is 4.88. The summed E-state index contributed by atoms with van der Waals surface area (Å²) < 4.78 is 0. The first-order valence-electron chi connectivity index (χ1n) is 8.28. The van der Waals surface area contributed by atoms with Crippen LogP contribution < -0.4 is 5.32 Å². The van der Waals surface area contributed by atoms with E-state index in [0.29, 0.717) is 5.41 Å². The number of hydrogen-bond donors (Lipinski definition) is 1. The van der Waals surface area contributed by atoms with Crippen molar-refractivity contribution in [3.8, 4) is 0 Å². The Labute approximate surface area is 113 Å². The van der Waals surface area contributed by atoms with Gasteiger partial charge in [0.1, 0.15) is 0 Å². The summed E-state index contributed by atoms with van der Waals surface area (Å²) in [5.74, 6) is 1.05. The molecular formula is C16H30N2. The summed E-state index contributed by atoms with van der Waals surface area (Å²) in [6.07, 6.45) is 11.7. The molecule has 18 heavy (non-hydrogen) atoms. The van der Waals surface area contributed by atoms with Crippen molar-refractivity contribution < 1.29 is 0 Å². The Morgan fingerprint density at radius 1 is 1.22 bits per heavy atom. The first-order chi connectivity index (χ1) is 8.83. The molecule has 104 valence electrons. The van der Waals surface area contributed by atoms with Gasteiger partial charge in [-0.25, -0.2) is 0 Å². The van der Waals surface area contributed by atoms with Crippen LogP contribution in [0, 0.1) is 11.3 Å². The zero-order valence-electron chi connectivity index (χ0n) is 12.1. The molecule has 2 saturated heterocycles. The molecule has 0 aromatic heterocycles. The van der Waals surface area contributed by atoms with Gasteiger partial charge in [-0.05, 0) is 56.5 Å². The van der Waals surface area contributed by atoms with Crippen molar-refractivity contribution in [2.75, 3.05) is 26.2 Å². The number of hydrogen-bond acceptors (Lipinski definition) is 2. The lowest BCUT2D eigenvalue weighted by Gasteiger charge is -2.38. The Bertz CT molecular complexity index is 270. The highest BCUT2D eigenvalue weighted by Crippen LogP contribution is 2.40. The number of fused-ring (bicyclic) bond motifs is 1. The molecule has 3 atom stereocenters. The van der Waals surface area contributed by atoms with E-state index in [1.807, 2.05) is 0 Å². The van der Waals surface area contributed by atoms with E-state index in [1.54, 1.807) is 0 Å². The van der Waals surface area contributed by atoms with Crippen molar-refractivity contribution in [1.29, 1.82) is 0 Å². The molecule has 2 heterocycles. The van der Waals surface area contributed by atoms with Crippen LogP contribution in [0.3, 0.4) is 0 Å². The average molecular weight is 250 g/mol. The number of nitrogens with zero attached hydrogens (tertiary/aromatic N) is 1. The second-order valence-electron chi connectivity index (χ2n) is 7.05. The van der Waals surface area contributed by atoms with E-state index in [2.05, 4.69) is 17.1 Å². The third kappa shape index (κ3) is 2.46. The molecular weight excluding hydrogens is 220 g/mol. The van der Waals surface area contributed by atoms with Gasteiger partial charge in [0.15, 0.2) is 0 Å². The quantitative estimate of drug-likeness (QED) is 0.825. The molecule has 1 saturated carbocycles. The molecule has 0 bridgehead atoms. The van der Waals surface area contributed by atoms with Crippen LogP contribution in [0.15, 0.2) is 0 Å². The first-order valence-corrected chi connectivity index (χ1v) is 8.28. The highest BCUT2D eigenvalue weighted by atomic mass is 15.2. The van der Waals surface area contributed by atoms with Gasteiger partial charge >= 0.3 is 0 Å². The molecule has 0 spiro atoms. The molecule has 0 radical (unpaired) electrons. The maximum Gasteiger partial charge on any atom is 0.0124 e. The van der Waals surface area contributed by atoms with E-state index in [1.165, 1.54) is 77.5 Å². The lowest BCUT2D eigenvalue weighted by Crippen LogP contribution is -2.43. The van der Waals surface area contributed by atoms with Crippen LogP contribution in [-0.2, 0) is 0 Å². The number of likely N-dealkylation sites (tertiary alicyclic amines) is 1. The summed E-state index contributed by atoms with van der Waals surface area (Å²) in [7, 11) is 0. The Balaban J connectivity index is 1.64. The lowest BCUT2D eigenvalue weighted by molar-refractivity contribution is 0.112. The molecule has 0 amide bonds. The summed E-state index contributed by atoms with van der Waals surface area (Å²) in [4.78, 5) is 2.88. The summed E-state index contributed by atoms with van der Waals surface area (Å²) >= 11 is 0. The fraction of sp³-hybridized carbons (Fsp3) is 1.00. The maximum atomic E-state index is 3.62. The molecule has 3 rings (SSSR count). The van der Waals surface area contributed by atoms with Gasteiger partial charge in [-0.3, -0.25) is 4.90 Å². The smallest absolute Gasteiger partial charge is 0.0124 e. The summed E-state index contributed by atoms with van der Waals surface area (Å²) in [6, 6.07) is 0.952. The fourth-order valence-corrected chi connectivity index (χ4v) is 4.88. The minimum Gasteiger partial charge on any atom is -0.316 e. The van der Waals surface area contributed by atoms with Gasteiger partial charge in [-0.15, -0.1) is 0 Å². The number of rotatable bonds is 4. The van der Waals surface area contributed by atoms with E-state index in [-0.39, 0.29) is 0 Å². The van der Waals surface area contributed by atoms with Gasteiger partial charge in [0.2, 0.25) is 0 Å². The second-order valence-corrected chi connectivity index (χ2v) is 7.05. The van der Waals surface area contributed by atoms with Crippen LogP contribution in [0.5, 0.6) is 0 Å². The monoisotopic (exact) mass is 250 g/mol. The SMILES string of the molecule is CCCC1(CN2CCC3CCCCC32)CCNC1. The van der Waals surface area contributed by atoms with E-state index >= 15 is 0 Å². The lowest BCUT2D eigenvalue weighted by atomic mass is 9.80. The third-order valence-electron chi connectivity index (χ3n) is 5.78. The van der Waals surface area contributed by atoms with E-state index in [0.717, 1.165) is 12.0 Å². The molecule has 2 heteroatoms. The predicted molar refractivity (Wildman–Crippen MR) is 76.8 cm³/mol. The van der Waals surface area contributed by atoms with E-state index in [4.69, 9.17) is 0 Å². The first kappa shape index (κ1) is 12.9. The van der Waals surface area contributed by atoms with Gasteiger partial charge in [0.25, 0.3) is 0 Å². The normalized spacial score (nSPS) is 41.2. The van der Waals surface area contributed by atoms with Crippen LogP contribution in [0.25, 0.3) is 0 Å². The van der Waals surface area contributed by atoms with Gasteiger partial charge in [-0.1, -0.05) is 26.2 Å². The predicted octanol–water partition coefficient (Wildman–Crippen LogP) is 3.03. The van der Waals surface area contributed by atoms with Crippen molar-refractivity contribution in [2.45, 2.75) is 64.3 Å². The van der Waals surface area contributed by atoms with E-state index < -0.39 is 0 Å². The molecule has 2 aliphatic heterocycles. The zero-order chi connectivity index (χ0) is 12.4. The topological polar surface area (TPSA) is 15.3 Å². The second kappa shape index (κ2) is 5.50. The van der Waals surface area contributed by atoms with E-state index in [9.17, 15) is 0 Å². The summed E-state index contributed by atoms with van der Waals surface area (Å²) in [5.41, 5.74) is 0.612. The minimum absolute atomic E-state index is 0.612. The van der Waals surface area contributed by atoms with Crippen molar-refractivity contribution in [1.82, 2.24) is 10.2 Å². The molecule has 0 aromatic rings. The molecule has 3 fully saturated rings. The highest BCUT2D eigenvalue weighted by molar-refractivity contribution is 4.96. The average Bonchev–Trinajstić information content (AvgIpc) is 2.99. The Kier molecular flexibility index (Phi) is 3.95. The van der Waals surface area contributed by atoms with Crippen LogP contribution >= 0.6 is 0 Å². The van der Waals surface area contributed by atoms with Gasteiger partial charge in [0, 0.05) is 19.1 Å². The summed E-state index contributed by atoms with van der Waals surface area (Å²) in [6.45, 7) is 7.65. The van der Waals surface area contributed by atoms with Gasteiger partial charge in [-0.2, -0.15) is 0 Å². The Morgan fingerprint density at radius 2 is 2.11 bits per heavy atom. The molecule has 2 nitrogen and oxygen atoms in total. The van der Waals surface area contributed by atoms with Crippen LogP contribution in [0.1, 0.15) is 58.3 Å². The van der Waals surface area contributed by atoms with Crippen LogP contribution in [-0.4, -0.2) is 37.1 Å². The maximum absolute atomic E-state index is 3.62. The standard InChI is InChI=1S/C16H30N2/c1-2-8-16(9-10-17-12-16)13-18-11-7-14-5-3-4-6-15(14)18/h14-15,17H,2-13H2,1H3. The molecule has 1 aliphatic carbocycles. The minimum atomic E-state index is 0.612. The van der Waals surface area contributed by atoms with Crippen molar-refractivity contribution in [3.05, 3.63) is 0 Å². The molecule has 0 aromatic carbocycles.